The van der Waals surface area contributed by atoms with Crippen LogP contribution in [0.15, 0.2) is 66.7 Å². The highest BCUT2D eigenvalue weighted by atomic mass is 16.5. The molecule has 3 aromatic carbocycles. The highest BCUT2D eigenvalue weighted by Gasteiger charge is 2.57. The largest absolute Gasteiger partial charge is 0.493 e. The Balaban J connectivity index is 1.83. The van der Waals surface area contributed by atoms with Crippen LogP contribution in [0.25, 0.3) is 0 Å². The summed E-state index contributed by atoms with van der Waals surface area (Å²) in [5.74, 6) is 0.675. The van der Waals surface area contributed by atoms with Crippen LogP contribution in [0.5, 0.6) is 11.5 Å². The molecule has 6 heteroatoms. The van der Waals surface area contributed by atoms with Gasteiger partial charge in [0.25, 0.3) is 5.91 Å². The van der Waals surface area contributed by atoms with Crippen molar-refractivity contribution < 1.29 is 19.0 Å². The number of ether oxygens (including phenoxy) is 3. The Hall–Kier alpha value is -3.82. The first-order valence-corrected chi connectivity index (χ1v) is 11.3. The Morgan fingerprint density at radius 1 is 1.03 bits per heavy atom. The monoisotopic (exact) mass is 454 g/mol. The standard InChI is InChI=1S/C28H26N2O4/c1-4-34-27-25-20-12-8-9-13-22(20)28(17-29,30(27)26(31)18-10-6-5-7-11-18)16-19-14-23(32-2)24(33-3)15-21(19)25/h5-15,25,27H,4,16H2,1-3H3. The lowest BCUT2D eigenvalue weighted by molar-refractivity contribution is -0.0865. The molecule has 6 nitrogen and oxygen atoms in total. The van der Waals surface area contributed by atoms with Crippen LogP contribution in [0.4, 0.5) is 0 Å². The predicted molar refractivity (Wildman–Crippen MR) is 127 cm³/mol. The Morgan fingerprint density at radius 3 is 2.38 bits per heavy atom. The Bertz CT molecular complexity index is 1280. The van der Waals surface area contributed by atoms with Crippen LogP contribution in [0.3, 0.4) is 0 Å². The van der Waals surface area contributed by atoms with E-state index in [1.54, 1.807) is 31.3 Å². The van der Waals surface area contributed by atoms with Crippen LogP contribution in [-0.2, 0) is 16.7 Å². The smallest absolute Gasteiger partial charge is 0.257 e. The van der Waals surface area contributed by atoms with Gasteiger partial charge >= 0.3 is 0 Å². The molecule has 0 spiro atoms. The molecule has 0 radical (unpaired) electrons. The van der Waals surface area contributed by atoms with Crippen LogP contribution in [-0.4, -0.2) is 37.9 Å². The Kier molecular flexibility index (Phi) is 5.51. The summed E-state index contributed by atoms with van der Waals surface area (Å²) < 4.78 is 17.5. The number of nitrogens with zero attached hydrogens (tertiary/aromatic N) is 2. The van der Waals surface area contributed by atoms with Crippen molar-refractivity contribution >= 4 is 5.91 Å². The van der Waals surface area contributed by atoms with E-state index in [9.17, 15) is 10.1 Å². The van der Waals surface area contributed by atoms with Gasteiger partial charge < -0.3 is 14.2 Å². The van der Waals surface area contributed by atoms with Crippen molar-refractivity contribution in [2.24, 2.45) is 0 Å². The summed E-state index contributed by atoms with van der Waals surface area (Å²) in [6, 6.07) is 23.4. The van der Waals surface area contributed by atoms with E-state index in [1.165, 1.54) is 0 Å². The van der Waals surface area contributed by atoms with Gasteiger partial charge in [0.1, 0.15) is 6.23 Å². The van der Waals surface area contributed by atoms with E-state index in [0.29, 0.717) is 30.1 Å². The number of rotatable bonds is 5. The van der Waals surface area contributed by atoms with Gasteiger partial charge in [0.2, 0.25) is 0 Å². The Labute approximate surface area is 199 Å². The maximum Gasteiger partial charge on any atom is 0.257 e. The summed E-state index contributed by atoms with van der Waals surface area (Å²) in [5, 5.41) is 10.8. The number of methoxy groups -OCH3 is 2. The van der Waals surface area contributed by atoms with Crippen LogP contribution in [0, 0.1) is 11.3 Å². The van der Waals surface area contributed by atoms with Crippen LogP contribution in [0.1, 0.15) is 45.5 Å². The fourth-order valence-electron chi connectivity index (χ4n) is 5.45. The van der Waals surface area contributed by atoms with Crippen LogP contribution in [0.2, 0.25) is 0 Å². The maximum atomic E-state index is 14.0. The molecule has 3 unspecified atom stereocenters. The highest BCUT2D eigenvalue weighted by molar-refractivity contribution is 5.96. The molecule has 2 aliphatic heterocycles. The second-order valence-corrected chi connectivity index (χ2v) is 8.51. The summed E-state index contributed by atoms with van der Waals surface area (Å²) in [5.41, 5.74) is 3.01. The number of carbonyl (C=O) groups excluding carboxylic acids is 1. The summed E-state index contributed by atoms with van der Waals surface area (Å²) in [4.78, 5) is 15.7. The lowest BCUT2D eigenvalue weighted by Gasteiger charge is -2.49. The summed E-state index contributed by atoms with van der Waals surface area (Å²) in [6.07, 6.45) is -0.346. The fraction of sp³-hybridized carbons (Fsp3) is 0.286. The molecule has 172 valence electrons. The highest BCUT2D eigenvalue weighted by Crippen LogP contribution is 2.54. The van der Waals surface area contributed by atoms with Gasteiger partial charge in [-0.05, 0) is 53.4 Å². The zero-order valence-corrected chi connectivity index (χ0v) is 19.4. The van der Waals surface area contributed by atoms with Gasteiger partial charge in [0.15, 0.2) is 17.0 Å². The topological polar surface area (TPSA) is 71.8 Å². The molecular formula is C28H26N2O4. The molecule has 3 aliphatic rings. The number of fused-ring (bicyclic) bond motifs is 1. The molecule has 3 aromatic rings. The molecule has 0 N–H and O–H groups in total. The molecule has 0 aromatic heterocycles. The normalized spacial score (nSPS) is 22.2. The second kappa shape index (κ2) is 8.51. The SMILES string of the molecule is CCOC1C2c3cc(OC)c(OC)cc3CC(C#N)(c3ccccc32)N1C(=O)c1ccccc1. The first-order valence-electron chi connectivity index (χ1n) is 11.3. The van der Waals surface area contributed by atoms with Crippen molar-refractivity contribution in [3.8, 4) is 17.6 Å². The molecule has 2 bridgehead atoms. The van der Waals surface area contributed by atoms with Gasteiger partial charge in [-0.3, -0.25) is 9.69 Å². The number of amides is 1. The van der Waals surface area contributed by atoms with Crippen LogP contribution < -0.4 is 9.47 Å². The predicted octanol–water partition coefficient (Wildman–Crippen LogP) is 4.63. The Morgan fingerprint density at radius 2 is 1.71 bits per heavy atom. The molecule has 3 atom stereocenters. The van der Waals surface area contributed by atoms with Crippen molar-refractivity contribution in [2.45, 2.75) is 31.0 Å². The van der Waals surface area contributed by atoms with Crippen molar-refractivity contribution in [2.75, 3.05) is 20.8 Å². The average molecular weight is 455 g/mol. The van der Waals surface area contributed by atoms with Gasteiger partial charge in [-0.1, -0.05) is 42.5 Å². The molecule has 0 saturated carbocycles. The molecule has 0 fully saturated rings. The van der Waals surface area contributed by atoms with Gasteiger partial charge in [-0.25, -0.2) is 0 Å². The first kappa shape index (κ1) is 22.0. The number of hydrogen-bond acceptors (Lipinski definition) is 5. The molecule has 34 heavy (non-hydrogen) atoms. The minimum absolute atomic E-state index is 0.230. The van der Waals surface area contributed by atoms with Crippen molar-refractivity contribution in [3.63, 3.8) is 0 Å². The molecule has 1 aliphatic carbocycles. The second-order valence-electron chi connectivity index (χ2n) is 8.51. The van der Waals surface area contributed by atoms with Crippen molar-refractivity contribution in [3.05, 3.63) is 94.5 Å². The zero-order valence-electron chi connectivity index (χ0n) is 19.4. The van der Waals surface area contributed by atoms with E-state index in [4.69, 9.17) is 14.2 Å². The average Bonchev–Trinajstić information content (AvgIpc) is 3.08. The molecule has 1 amide bonds. The third kappa shape index (κ3) is 3.08. The van der Waals surface area contributed by atoms with Gasteiger partial charge in [-0.15, -0.1) is 0 Å². The molecule has 6 rings (SSSR count). The van der Waals surface area contributed by atoms with Crippen LogP contribution >= 0.6 is 0 Å². The number of nitriles is 1. The lowest BCUT2D eigenvalue weighted by Crippen LogP contribution is -2.59. The van der Waals surface area contributed by atoms with Gasteiger partial charge in [0, 0.05) is 18.6 Å². The number of carbonyl (C=O) groups is 1. The minimum Gasteiger partial charge on any atom is -0.493 e. The third-order valence-corrected chi connectivity index (χ3v) is 6.88. The van der Waals surface area contributed by atoms with E-state index in [1.807, 2.05) is 61.5 Å². The van der Waals surface area contributed by atoms with E-state index < -0.39 is 11.8 Å². The lowest BCUT2D eigenvalue weighted by atomic mass is 9.76. The fourth-order valence-corrected chi connectivity index (χ4v) is 5.45. The first-order chi connectivity index (χ1) is 16.6. The zero-order chi connectivity index (χ0) is 23.9. The summed E-state index contributed by atoms with van der Waals surface area (Å²) in [6.45, 7) is 2.30. The quantitative estimate of drug-likeness (QED) is 0.562. The molecule has 0 saturated heterocycles. The summed E-state index contributed by atoms with van der Waals surface area (Å²) in [7, 11) is 3.20. The van der Waals surface area contributed by atoms with E-state index >= 15 is 0 Å². The van der Waals surface area contributed by atoms with Crippen molar-refractivity contribution in [1.82, 2.24) is 4.90 Å². The van der Waals surface area contributed by atoms with Gasteiger partial charge in [-0.2, -0.15) is 5.26 Å². The van der Waals surface area contributed by atoms with E-state index in [-0.39, 0.29) is 11.8 Å². The molecule has 2 heterocycles. The maximum absolute atomic E-state index is 14.0. The van der Waals surface area contributed by atoms with Crippen molar-refractivity contribution in [1.29, 1.82) is 5.26 Å². The number of hydrogen-bond donors (Lipinski definition) is 0. The number of benzene rings is 3. The van der Waals surface area contributed by atoms with E-state index in [2.05, 4.69) is 6.07 Å². The minimum atomic E-state index is -1.25. The van der Waals surface area contributed by atoms with E-state index in [0.717, 1.165) is 22.3 Å². The summed E-state index contributed by atoms with van der Waals surface area (Å²) >= 11 is 0. The third-order valence-electron chi connectivity index (χ3n) is 6.88. The molecular weight excluding hydrogens is 428 g/mol. The van der Waals surface area contributed by atoms with Gasteiger partial charge in [0.05, 0.1) is 26.2 Å².